The summed E-state index contributed by atoms with van der Waals surface area (Å²) >= 11 is 0. The number of aromatic nitrogens is 2. The highest BCUT2D eigenvalue weighted by Crippen LogP contribution is 2.32. The lowest BCUT2D eigenvalue weighted by molar-refractivity contribution is 0.174. The van der Waals surface area contributed by atoms with Crippen molar-refractivity contribution in [3.05, 3.63) is 36.2 Å². The molecule has 2 N–H and O–H groups in total. The molecular formula is C17H20N4O2. The Kier molecular flexibility index (Phi) is 3.88. The van der Waals surface area contributed by atoms with Gasteiger partial charge in [0.2, 0.25) is 6.79 Å². The van der Waals surface area contributed by atoms with E-state index in [1.54, 1.807) is 6.33 Å². The molecule has 1 aromatic carbocycles. The minimum absolute atomic E-state index is 0.300. The third kappa shape index (κ3) is 3.31. The molecule has 6 heteroatoms. The summed E-state index contributed by atoms with van der Waals surface area (Å²) < 4.78 is 10.7. The molecular weight excluding hydrogens is 292 g/mol. The Morgan fingerprint density at radius 3 is 2.74 bits per heavy atom. The summed E-state index contributed by atoms with van der Waals surface area (Å²) in [6, 6.07) is 8.47. The van der Waals surface area contributed by atoms with Crippen molar-refractivity contribution < 1.29 is 9.47 Å². The fraction of sp³-hybridized carbons (Fsp3) is 0.412. The second-order valence-corrected chi connectivity index (χ2v) is 5.96. The number of ether oxygens (including phenoxy) is 2. The summed E-state index contributed by atoms with van der Waals surface area (Å²) in [5.74, 6) is 3.31. The standard InChI is InChI=1S/C17H20N4O2/c1-2-4-13(3-1)21-17-8-16(19-10-20-17)18-9-12-5-6-14-15(7-12)23-11-22-14/h5-8,10,13H,1-4,9,11H2,(H2,18,19,20,21). The molecule has 1 saturated carbocycles. The Balaban J connectivity index is 1.38. The molecule has 4 rings (SSSR count). The lowest BCUT2D eigenvalue weighted by Crippen LogP contribution is -2.15. The third-order valence-corrected chi connectivity index (χ3v) is 4.28. The van der Waals surface area contributed by atoms with Crippen molar-refractivity contribution in [1.82, 2.24) is 9.97 Å². The van der Waals surface area contributed by atoms with E-state index < -0.39 is 0 Å². The van der Waals surface area contributed by atoms with E-state index in [4.69, 9.17) is 9.47 Å². The molecule has 1 aliphatic heterocycles. The van der Waals surface area contributed by atoms with Gasteiger partial charge in [0.05, 0.1) is 0 Å². The van der Waals surface area contributed by atoms with Gasteiger partial charge in [0.15, 0.2) is 11.5 Å². The summed E-state index contributed by atoms with van der Waals surface area (Å²) in [5.41, 5.74) is 1.12. The minimum atomic E-state index is 0.300. The molecule has 0 spiro atoms. The summed E-state index contributed by atoms with van der Waals surface area (Å²) in [7, 11) is 0. The zero-order valence-corrected chi connectivity index (χ0v) is 12.9. The largest absolute Gasteiger partial charge is 0.454 e. The van der Waals surface area contributed by atoms with Crippen LogP contribution in [0.1, 0.15) is 31.2 Å². The predicted octanol–water partition coefficient (Wildman–Crippen LogP) is 3.17. The van der Waals surface area contributed by atoms with Gasteiger partial charge in [-0.25, -0.2) is 9.97 Å². The van der Waals surface area contributed by atoms with E-state index in [-0.39, 0.29) is 0 Å². The molecule has 0 unspecified atom stereocenters. The number of rotatable bonds is 5. The molecule has 2 aliphatic rings. The van der Waals surface area contributed by atoms with E-state index in [1.165, 1.54) is 25.7 Å². The topological polar surface area (TPSA) is 68.3 Å². The van der Waals surface area contributed by atoms with E-state index in [0.29, 0.717) is 19.4 Å². The number of fused-ring (bicyclic) bond motifs is 1. The second kappa shape index (κ2) is 6.32. The number of benzene rings is 1. The van der Waals surface area contributed by atoms with Crippen molar-refractivity contribution in [2.45, 2.75) is 38.3 Å². The number of nitrogens with one attached hydrogen (secondary N) is 2. The van der Waals surface area contributed by atoms with E-state index in [0.717, 1.165) is 28.7 Å². The van der Waals surface area contributed by atoms with Crippen LogP contribution in [0.25, 0.3) is 0 Å². The van der Waals surface area contributed by atoms with Crippen LogP contribution in [0.5, 0.6) is 11.5 Å². The van der Waals surface area contributed by atoms with Gasteiger partial charge in [-0.2, -0.15) is 0 Å². The minimum Gasteiger partial charge on any atom is -0.454 e. The molecule has 0 radical (unpaired) electrons. The van der Waals surface area contributed by atoms with Crippen molar-refractivity contribution >= 4 is 11.6 Å². The maximum Gasteiger partial charge on any atom is 0.231 e. The Hall–Kier alpha value is -2.50. The van der Waals surface area contributed by atoms with Crippen molar-refractivity contribution in [1.29, 1.82) is 0 Å². The van der Waals surface area contributed by atoms with Crippen LogP contribution in [0, 0.1) is 0 Å². The SMILES string of the molecule is c1nc(NCc2ccc3c(c2)OCO3)cc(NC2CCCC2)n1. The first kappa shape index (κ1) is 14.1. The van der Waals surface area contributed by atoms with E-state index >= 15 is 0 Å². The fourth-order valence-electron chi connectivity index (χ4n) is 3.06. The molecule has 0 bridgehead atoms. The first-order valence-corrected chi connectivity index (χ1v) is 8.08. The van der Waals surface area contributed by atoms with Gasteiger partial charge in [-0.1, -0.05) is 18.9 Å². The Labute approximate surface area is 135 Å². The maximum atomic E-state index is 5.40. The van der Waals surface area contributed by atoms with Crippen molar-refractivity contribution in [3.63, 3.8) is 0 Å². The normalized spacial score (nSPS) is 16.5. The fourth-order valence-corrected chi connectivity index (χ4v) is 3.06. The van der Waals surface area contributed by atoms with Gasteiger partial charge >= 0.3 is 0 Å². The van der Waals surface area contributed by atoms with Crippen molar-refractivity contribution in [3.8, 4) is 11.5 Å². The zero-order valence-electron chi connectivity index (χ0n) is 12.9. The van der Waals surface area contributed by atoms with Gasteiger partial charge in [-0.3, -0.25) is 0 Å². The van der Waals surface area contributed by atoms with E-state index in [9.17, 15) is 0 Å². The number of hydrogen-bond donors (Lipinski definition) is 2. The van der Waals surface area contributed by atoms with Crippen molar-refractivity contribution in [2.75, 3.05) is 17.4 Å². The number of hydrogen-bond acceptors (Lipinski definition) is 6. The van der Waals surface area contributed by atoms with Crippen LogP contribution in [-0.2, 0) is 6.54 Å². The molecule has 1 fully saturated rings. The van der Waals surface area contributed by atoms with Gasteiger partial charge in [0, 0.05) is 18.7 Å². The third-order valence-electron chi connectivity index (χ3n) is 4.28. The van der Waals surface area contributed by atoms with Crippen LogP contribution < -0.4 is 20.1 Å². The van der Waals surface area contributed by atoms with Crippen LogP contribution in [0.4, 0.5) is 11.6 Å². The summed E-state index contributed by atoms with van der Waals surface area (Å²) in [6.07, 6.45) is 6.66. The smallest absolute Gasteiger partial charge is 0.231 e. The predicted molar refractivity (Wildman–Crippen MR) is 87.8 cm³/mol. The van der Waals surface area contributed by atoms with Crippen LogP contribution in [0.3, 0.4) is 0 Å². The highest BCUT2D eigenvalue weighted by atomic mass is 16.7. The van der Waals surface area contributed by atoms with Gasteiger partial charge < -0.3 is 20.1 Å². The lowest BCUT2D eigenvalue weighted by Gasteiger charge is -2.13. The summed E-state index contributed by atoms with van der Waals surface area (Å²) in [6.45, 7) is 0.977. The second-order valence-electron chi connectivity index (χ2n) is 5.96. The quantitative estimate of drug-likeness (QED) is 0.884. The van der Waals surface area contributed by atoms with Crippen LogP contribution >= 0.6 is 0 Å². The monoisotopic (exact) mass is 312 g/mol. The molecule has 23 heavy (non-hydrogen) atoms. The first-order chi connectivity index (χ1) is 11.4. The Morgan fingerprint density at radius 2 is 1.83 bits per heavy atom. The molecule has 6 nitrogen and oxygen atoms in total. The average molecular weight is 312 g/mol. The maximum absolute atomic E-state index is 5.40. The Morgan fingerprint density at radius 1 is 1.00 bits per heavy atom. The molecule has 2 heterocycles. The first-order valence-electron chi connectivity index (χ1n) is 8.08. The van der Waals surface area contributed by atoms with E-state index in [1.807, 2.05) is 24.3 Å². The number of anilines is 2. The summed E-state index contributed by atoms with van der Waals surface area (Å²) in [5, 5.41) is 6.82. The molecule has 1 aliphatic carbocycles. The highest BCUT2D eigenvalue weighted by Gasteiger charge is 2.15. The Bertz CT molecular complexity index is 686. The van der Waals surface area contributed by atoms with Crippen LogP contribution in [0.15, 0.2) is 30.6 Å². The lowest BCUT2D eigenvalue weighted by atomic mass is 10.2. The molecule has 0 amide bonds. The number of nitrogens with zero attached hydrogens (tertiary/aromatic N) is 2. The van der Waals surface area contributed by atoms with Gasteiger partial charge in [-0.15, -0.1) is 0 Å². The van der Waals surface area contributed by atoms with Crippen LogP contribution in [-0.4, -0.2) is 22.8 Å². The van der Waals surface area contributed by atoms with Crippen LogP contribution in [0.2, 0.25) is 0 Å². The van der Waals surface area contributed by atoms with Gasteiger partial charge in [0.25, 0.3) is 0 Å². The summed E-state index contributed by atoms with van der Waals surface area (Å²) in [4.78, 5) is 8.59. The molecule has 1 aromatic heterocycles. The average Bonchev–Trinajstić information content (AvgIpc) is 3.24. The highest BCUT2D eigenvalue weighted by molar-refractivity contribution is 5.49. The van der Waals surface area contributed by atoms with Gasteiger partial charge in [-0.05, 0) is 30.5 Å². The molecule has 120 valence electrons. The molecule has 0 saturated heterocycles. The van der Waals surface area contributed by atoms with Gasteiger partial charge in [0.1, 0.15) is 18.0 Å². The zero-order chi connectivity index (χ0) is 15.5. The molecule has 2 aromatic rings. The van der Waals surface area contributed by atoms with Crippen molar-refractivity contribution in [2.24, 2.45) is 0 Å². The van der Waals surface area contributed by atoms with E-state index in [2.05, 4.69) is 20.6 Å². The molecule has 0 atom stereocenters.